The fourth-order valence-electron chi connectivity index (χ4n) is 2.17. The van der Waals surface area contributed by atoms with E-state index < -0.39 is 11.2 Å². The lowest BCUT2D eigenvalue weighted by Gasteiger charge is -2.15. The van der Waals surface area contributed by atoms with Gasteiger partial charge >= 0.3 is 5.69 Å². The van der Waals surface area contributed by atoms with E-state index in [1.165, 1.54) is 17.4 Å². The van der Waals surface area contributed by atoms with Crippen LogP contribution in [0.1, 0.15) is 26.7 Å². The highest BCUT2D eigenvalue weighted by molar-refractivity contribution is 5.60. The van der Waals surface area contributed by atoms with Gasteiger partial charge in [-0.1, -0.05) is 6.92 Å². The number of rotatable bonds is 5. The Morgan fingerprint density at radius 1 is 1.50 bits per heavy atom. The van der Waals surface area contributed by atoms with Crippen molar-refractivity contribution in [2.45, 2.75) is 33.2 Å². The van der Waals surface area contributed by atoms with E-state index in [0.29, 0.717) is 24.7 Å². The molecule has 2 rings (SSSR count). The Hall–Kier alpha value is -1.72. The fourth-order valence-corrected chi connectivity index (χ4v) is 2.17. The highest BCUT2D eigenvalue weighted by atomic mass is 16.2. The van der Waals surface area contributed by atoms with Gasteiger partial charge in [0, 0.05) is 13.1 Å². The number of aromatic nitrogens is 2. The molecular weight excluding hydrogens is 232 g/mol. The number of H-pyrrole nitrogens is 1. The molecule has 100 valence electrons. The quantitative estimate of drug-likeness (QED) is 0.715. The van der Waals surface area contributed by atoms with Crippen LogP contribution in [0.5, 0.6) is 0 Å². The van der Waals surface area contributed by atoms with Gasteiger partial charge in [0.15, 0.2) is 0 Å². The van der Waals surface area contributed by atoms with E-state index in [4.69, 9.17) is 5.73 Å². The molecule has 0 bridgehead atoms. The number of nitrogens with zero attached hydrogens (tertiary/aromatic N) is 1. The molecule has 1 fully saturated rings. The minimum Gasteiger partial charge on any atom is -0.383 e. The van der Waals surface area contributed by atoms with Crippen LogP contribution in [0.4, 0.5) is 11.5 Å². The topological polar surface area (TPSA) is 92.9 Å². The lowest BCUT2D eigenvalue weighted by molar-refractivity contribution is 0.536. The van der Waals surface area contributed by atoms with Crippen molar-refractivity contribution in [1.29, 1.82) is 0 Å². The van der Waals surface area contributed by atoms with Gasteiger partial charge in [-0.3, -0.25) is 14.3 Å². The second-order valence-corrected chi connectivity index (χ2v) is 4.96. The summed E-state index contributed by atoms with van der Waals surface area (Å²) >= 11 is 0. The Kier molecular flexibility index (Phi) is 3.45. The molecule has 1 aromatic heterocycles. The van der Waals surface area contributed by atoms with E-state index in [-0.39, 0.29) is 5.82 Å². The van der Waals surface area contributed by atoms with Crippen LogP contribution in [-0.2, 0) is 6.54 Å². The number of anilines is 2. The SMILES string of the molecule is CCn1c(N)c(NCC(C)C2CC2)c(=O)[nH]c1=O. The Bertz CT molecular complexity index is 542. The van der Waals surface area contributed by atoms with Crippen LogP contribution in [-0.4, -0.2) is 16.1 Å². The number of hydrogen-bond acceptors (Lipinski definition) is 4. The molecule has 4 N–H and O–H groups in total. The van der Waals surface area contributed by atoms with Crippen molar-refractivity contribution in [3.63, 3.8) is 0 Å². The normalized spacial score (nSPS) is 16.6. The summed E-state index contributed by atoms with van der Waals surface area (Å²) in [5, 5.41) is 3.08. The molecule has 1 heterocycles. The molecule has 0 spiro atoms. The zero-order valence-electron chi connectivity index (χ0n) is 10.8. The van der Waals surface area contributed by atoms with Gasteiger partial charge in [-0.15, -0.1) is 0 Å². The highest BCUT2D eigenvalue weighted by Crippen LogP contribution is 2.36. The summed E-state index contributed by atoms with van der Waals surface area (Å²) in [5.41, 5.74) is 5.27. The highest BCUT2D eigenvalue weighted by Gasteiger charge is 2.27. The average molecular weight is 252 g/mol. The van der Waals surface area contributed by atoms with Gasteiger partial charge in [0.05, 0.1) is 0 Å². The van der Waals surface area contributed by atoms with Crippen molar-refractivity contribution < 1.29 is 0 Å². The summed E-state index contributed by atoms with van der Waals surface area (Å²) in [6.45, 7) is 5.12. The summed E-state index contributed by atoms with van der Waals surface area (Å²) in [7, 11) is 0. The molecule has 1 unspecified atom stereocenters. The van der Waals surface area contributed by atoms with E-state index in [9.17, 15) is 9.59 Å². The van der Waals surface area contributed by atoms with Crippen LogP contribution in [0.3, 0.4) is 0 Å². The van der Waals surface area contributed by atoms with E-state index in [1.807, 2.05) is 6.92 Å². The summed E-state index contributed by atoms with van der Waals surface area (Å²) < 4.78 is 1.35. The number of nitrogens with two attached hydrogens (primary N) is 1. The summed E-state index contributed by atoms with van der Waals surface area (Å²) in [4.78, 5) is 25.5. The second-order valence-electron chi connectivity index (χ2n) is 4.96. The Labute approximate surface area is 105 Å². The van der Waals surface area contributed by atoms with Gasteiger partial charge < -0.3 is 11.1 Å². The van der Waals surface area contributed by atoms with E-state index >= 15 is 0 Å². The largest absolute Gasteiger partial charge is 0.383 e. The van der Waals surface area contributed by atoms with Gasteiger partial charge in [-0.2, -0.15) is 0 Å². The van der Waals surface area contributed by atoms with Gasteiger partial charge in [0.25, 0.3) is 5.56 Å². The van der Waals surface area contributed by atoms with Crippen molar-refractivity contribution >= 4 is 11.5 Å². The zero-order valence-corrected chi connectivity index (χ0v) is 10.8. The van der Waals surface area contributed by atoms with Crippen molar-refractivity contribution in [1.82, 2.24) is 9.55 Å². The van der Waals surface area contributed by atoms with E-state index in [1.54, 1.807) is 0 Å². The Balaban J connectivity index is 2.21. The maximum absolute atomic E-state index is 11.7. The van der Waals surface area contributed by atoms with Gasteiger partial charge in [-0.25, -0.2) is 4.79 Å². The third-order valence-electron chi connectivity index (χ3n) is 3.58. The molecule has 1 aliphatic carbocycles. The maximum Gasteiger partial charge on any atom is 0.330 e. The van der Waals surface area contributed by atoms with E-state index in [0.717, 1.165) is 5.92 Å². The minimum atomic E-state index is -0.458. The molecule has 1 saturated carbocycles. The standard InChI is InChI=1S/C12H20N4O2/c1-3-16-10(13)9(11(17)15-12(16)18)14-6-7(2)8-4-5-8/h7-8,14H,3-6,13H2,1-2H3,(H,15,17,18). The van der Waals surface area contributed by atoms with Gasteiger partial charge in [-0.05, 0) is 31.6 Å². The summed E-state index contributed by atoms with van der Waals surface area (Å²) in [6, 6.07) is 0. The average Bonchev–Trinajstić information content (AvgIpc) is 3.12. The van der Waals surface area contributed by atoms with Crippen molar-refractivity contribution in [2.24, 2.45) is 11.8 Å². The molecule has 18 heavy (non-hydrogen) atoms. The molecule has 6 heteroatoms. The van der Waals surface area contributed by atoms with Crippen LogP contribution < -0.4 is 22.3 Å². The Morgan fingerprint density at radius 2 is 2.17 bits per heavy atom. The molecule has 0 aromatic carbocycles. The summed E-state index contributed by atoms with van der Waals surface area (Å²) in [6.07, 6.45) is 2.53. The number of nitrogen functional groups attached to an aromatic ring is 1. The van der Waals surface area contributed by atoms with Crippen molar-refractivity contribution in [2.75, 3.05) is 17.6 Å². The predicted molar refractivity (Wildman–Crippen MR) is 71.8 cm³/mol. The zero-order chi connectivity index (χ0) is 13.3. The summed E-state index contributed by atoms with van der Waals surface area (Å²) in [5.74, 6) is 1.50. The van der Waals surface area contributed by atoms with Crippen LogP contribution in [0.2, 0.25) is 0 Å². The number of nitrogens with one attached hydrogen (secondary N) is 2. The van der Waals surface area contributed by atoms with Gasteiger partial charge in [0.1, 0.15) is 11.5 Å². The van der Waals surface area contributed by atoms with E-state index in [2.05, 4.69) is 17.2 Å². The van der Waals surface area contributed by atoms with Crippen LogP contribution in [0, 0.1) is 11.8 Å². The monoisotopic (exact) mass is 252 g/mol. The first-order chi connectivity index (χ1) is 8.54. The molecular formula is C12H20N4O2. The minimum absolute atomic E-state index is 0.217. The molecule has 1 aliphatic rings. The lowest BCUT2D eigenvalue weighted by atomic mass is 10.1. The van der Waals surface area contributed by atoms with Crippen LogP contribution >= 0.6 is 0 Å². The number of aromatic amines is 1. The molecule has 0 aliphatic heterocycles. The maximum atomic E-state index is 11.7. The molecule has 0 saturated heterocycles. The van der Waals surface area contributed by atoms with Crippen molar-refractivity contribution in [3.8, 4) is 0 Å². The van der Waals surface area contributed by atoms with Crippen molar-refractivity contribution in [3.05, 3.63) is 20.8 Å². The first-order valence-corrected chi connectivity index (χ1v) is 6.41. The van der Waals surface area contributed by atoms with Crippen LogP contribution in [0.15, 0.2) is 9.59 Å². The van der Waals surface area contributed by atoms with Crippen LogP contribution in [0.25, 0.3) is 0 Å². The fraction of sp³-hybridized carbons (Fsp3) is 0.667. The first-order valence-electron chi connectivity index (χ1n) is 6.41. The molecule has 1 atom stereocenters. The predicted octanol–water partition coefficient (Wildman–Crippen LogP) is 0.597. The molecule has 0 radical (unpaired) electrons. The Morgan fingerprint density at radius 3 is 2.72 bits per heavy atom. The third-order valence-corrected chi connectivity index (χ3v) is 3.58. The second kappa shape index (κ2) is 4.88. The third kappa shape index (κ3) is 2.42. The molecule has 0 amide bonds. The first kappa shape index (κ1) is 12.7. The molecule has 6 nitrogen and oxygen atoms in total. The molecule has 1 aromatic rings. The number of hydrogen-bond donors (Lipinski definition) is 3. The lowest BCUT2D eigenvalue weighted by Crippen LogP contribution is -2.34. The smallest absolute Gasteiger partial charge is 0.330 e. The van der Waals surface area contributed by atoms with Gasteiger partial charge in [0.2, 0.25) is 0 Å².